The molecule has 1 aromatic carbocycles. The lowest BCUT2D eigenvalue weighted by Crippen LogP contribution is -2.11. The van der Waals surface area contributed by atoms with Gasteiger partial charge in [0.25, 0.3) is 10.0 Å². The number of aromatic nitrogens is 4. The Bertz CT molecular complexity index is 1120. The van der Waals surface area contributed by atoms with Crippen LogP contribution in [0, 0.1) is 0 Å². The van der Waals surface area contributed by atoms with E-state index in [9.17, 15) is 21.6 Å². The Balaban J connectivity index is 2.01. The van der Waals surface area contributed by atoms with Crippen LogP contribution in [0.25, 0.3) is 11.0 Å². The molecule has 0 saturated heterocycles. The van der Waals surface area contributed by atoms with Gasteiger partial charge in [-0.1, -0.05) is 40.2 Å². The second kappa shape index (κ2) is 6.55. The van der Waals surface area contributed by atoms with Gasteiger partial charge in [0.1, 0.15) is 16.1 Å². The molecule has 0 atom stereocenters. The van der Waals surface area contributed by atoms with Gasteiger partial charge in [-0.05, 0) is 18.2 Å². The number of fused-ring (bicyclic) bond motifs is 1. The van der Waals surface area contributed by atoms with Gasteiger partial charge in [0.05, 0.1) is 21.9 Å². The SMILES string of the molecule is CS(=O)(=O)n1nnc2cc(Sc3ncc(C(F)(F)F)cc3Cl)c(Cl)cc21. The molecule has 2 aromatic heterocycles. The molecule has 2 heterocycles. The van der Waals surface area contributed by atoms with E-state index in [1.54, 1.807) is 0 Å². The molecule has 26 heavy (non-hydrogen) atoms. The molecule has 0 aliphatic heterocycles. The highest BCUT2D eigenvalue weighted by Gasteiger charge is 2.31. The molecule has 0 aliphatic carbocycles. The molecule has 138 valence electrons. The maximum atomic E-state index is 12.7. The summed E-state index contributed by atoms with van der Waals surface area (Å²) in [6, 6.07) is 3.56. The average molecular weight is 443 g/mol. The summed E-state index contributed by atoms with van der Waals surface area (Å²) in [5.41, 5.74) is -0.553. The summed E-state index contributed by atoms with van der Waals surface area (Å²) in [6.45, 7) is 0. The van der Waals surface area contributed by atoms with Gasteiger partial charge >= 0.3 is 6.18 Å². The minimum atomic E-state index is -4.56. The quantitative estimate of drug-likeness (QED) is 0.607. The predicted octanol–water partition coefficient (Wildman–Crippen LogP) is 4.11. The molecule has 0 spiro atoms. The van der Waals surface area contributed by atoms with Crippen molar-refractivity contribution in [2.75, 3.05) is 6.26 Å². The Morgan fingerprint density at radius 3 is 2.42 bits per heavy atom. The van der Waals surface area contributed by atoms with Crippen molar-refractivity contribution in [2.45, 2.75) is 16.1 Å². The monoisotopic (exact) mass is 442 g/mol. The Morgan fingerprint density at radius 1 is 1.15 bits per heavy atom. The zero-order valence-electron chi connectivity index (χ0n) is 12.6. The van der Waals surface area contributed by atoms with E-state index in [4.69, 9.17) is 23.2 Å². The van der Waals surface area contributed by atoms with E-state index >= 15 is 0 Å². The van der Waals surface area contributed by atoms with Gasteiger partial charge < -0.3 is 0 Å². The van der Waals surface area contributed by atoms with Gasteiger partial charge in [-0.2, -0.15) is 13.2 Å². The normalized spacial score (nSPS) is 12.7. The van der Waals surface area contributed by atoms with E-state index in [0.717, 1.165) is 28.2 Å². The zero-order valence-corrected chi connectivity index (χ0v) is 15.8. The Kier molecular flexibility index (Phi) is 4.84. The Morgan fingerprint density at radius 2 is 1.85 bits per heavy atom. The van der Waals surface area contributed by atoms with Crippen LogP contribution < -0.4 is 0 Å². The van der Waals surface area contributed by atoms with Crippen LogP contribution in [0.3, 0.4) is 0 Å². The summed E-state index contributed by atoms with van der Waals surface area (Å²) in [5, 5.41) is 7.37. The van der Waals surface area contributed by atoms with Crippen LogP contribution in [0.4, 0.5) is 13.2 Å². The third-order valence-electron chi connectivity index (χ3n) is 3.12. The molecular formula is C13H7Cl2F3N4O2S2. The molecule has 0 amide bonds. The van der Waals surface area contributed by atoms with Gasteiger partial charge in [-0.3, -0.25) is 0 Å². The molecule has 0 fully saturated rings. The molecule has 3 aromatic rings. The Labute approximate surface area is 159 Å². The highest BCUT2D eigenvalue weighted by molar-refractivity contribution is 7.99. The summed E-state index contributed by atoms with van der Waals surface area (Å²) in [4.78, 5) is 4.10. The lowest BCUT2D eigenvalue weighted by atomic mass is 10.3. The lowest BCUT2D eigenvalue weighted by Gasteiger charge is -2.09. The largest absolute Gasteiger partial charge is 0.417 e. The predicted molar refractivity (Wildman–Crippen MR) is 91.2 cm³/mol. The van der Waals surface area contributed by atoms with Gasteiger partial charge in [0.2, 0.25) is 0 Å². The molecular weight excluding hydrogens is 436 g/mol. The second-order valence-electron chi connectivity index (χ2n) is 5.08. The smallest absolute Gasteiger partial charge is 0.247 e. The first-order chi connectivity index (χ1) is 12.0. The number of benzene rings is 1. The maximum absolute atomic E-state index is 12.7. The molecule has 13 heteroatoms. The van der Waals surface area contributed by atoms with Crippen molar-refractivity contribution in [2.24, 2.45) is 0 Å². The number of halogens is 5. The van der Waals surface area contributed by atoms with E-state index < -0.39 is 21.8 Å². The van der Waals surface area contributed by atoms with Gasteiger partial charge in [-0.25, -0.2) is 13.4 Å². The third kappa shape index (κ3) is 3.75. The molecule has 0 saturated carbocycles. The molecule has 0 N–H and O–H groups in total. The standard InChI is InChI=1S/C13H7Cl2F3N4O2S2/c1-26(23,24)22-10-3-7(14)11(4-9(10)20-21-22)25-12-8(15)2-6(5-19-12)13(16,17)18/h2-5H,1H3. The van der Waals surface area contributed by atoms with Crippen molar-refractivity contribution in [1.82, 2.24) is 19.4 Å². The van der Waals surface area contributed by atoms with Crippen LogP contribution in [-0.4, -0.2) is 34.1 Å². The van der Waals surface area contributed by atoms with E-state index in [2.05, 4.69) is 15.3 Å². The highest BCUT2D eigenvalue weighted by atomic mass is 35.5. The van der Waals surface area contributed by atoms with Crippen LogP contribution in [0.15, 0.2) is 34.3 Å². The van der Waals surface area contributed by atoms with E-state index in [1.807, 2.05) is 0 Å². The van der Waals surface area contributed by atoms with Gasteiger partial charge in [-0.15, -0.1) is 9.19 Å². The number of alkyl halides is 3. The topological polar surface area (TPSA) is 77.7 Å². The Hall–Kier alpha value is -1.56. The van der Waals surface area contributed by atoms with Crippen molar-refractivity contribution >= 4 is 56.0 Å². The number of rotatable bonds is 3. The van der Waals surface area contributed by atoms with Crippen LogP contribution in [0.2, 0.25) is 10.0 Å². The minimum Gasteiger partial charge on any atom is -0.247 e. The molecule has 6 nitrogen and oxygen atoms in total. The van der Waals surface area contributed by atoms with Gasteiger partial charge in [0.15, 0.2) is 0 Å². The first-order valence-electron chi connectivity index (χ1n) is 6.63. The summed E-state index contributed by atoms with van der Waals surface area (Å²) in [6.07, 6.45) is -2.93. The fourth-order valence-corrected chi connectivity index (χ4v) is 4.01. The van der Waals surface area contributed by atoms with E-state index in [0.29, 0.717) is 11.1 Å². The van der Waals surface area contributed by atoms with E-state index in [-0.39, 0.29) is 26.1 Å². The first-order valence-corrected chi connectivity index (χ1v) is 10.0. The number of pyridine rings is 1. The van der Waals surface area contributed by atoms with Gasteiger partial charge in [0, 0.05) is 11.1 Å². The fourth-order valence-electron chi connectivity index (χ4n) is 1.99. The number of hydrogen-bond donors (Lipinski definition) is 0. The zero-order chi connectivity index (χ0) is 19.3. The van der Waals surface area contributed by atoms with E-state index in [1.165, 1.54) is 12.1 Å². The third-order valence-corrected chi connectivity index (χ3v) is 5.92. The van der Waals surface area contributed by atoms with Crippen molar-refractivity contribution in [3.8, 4) is 0 Å². The first kappa shape index (κ1) is 19.2. The van der Waals surface area contributed by atoms with Crippen molar-refractivity contribution in [1.29, 1.82) is 0 Å². The summed E-state index contributed by atoms with van der Waals surface area (Å²) < 4.78 is 62.0. The van der Waals surface area contributed by atoms with Crippen molar-refractivity contribution < 1.29 is 21.6 Å². The molecule has 3 rings (SSSR count). The fraction of sp³-hybridized carbons (Fsp3) is 0.154. The maximum Gasteiger partial charge on any atom is 0.417 e. The van der Waals surface area contributed by atoms with Crippen LogP contribution in [-0.2, 0) is 16.2 Å². The molecule has 0 radical (unpaired) electrons. The lowest BCUT2D eigenvalue weighted by molar-refractivity contribution is -0.137. The van der Waals surface area contributed by atoms with Crippen molar-refractivity contribution in [3.05, 3.63) is 40.0 Å². The summed E-state index contributed by atoms with van der Waals surface area (Å²) in [5.74, 6) is 0. The van der Waals surface area contributed by atoms with Crippen LogP contribution in [0.1, 0.15) is 5.56 Å². The van der Waals surface area contributed by atoms with Crippen LogP contribution in [0.5, 0.6) is 0 Å². The highest BCUT2D eigenvalue weighted by Crippen LogP contribution is 2.39. The molecule has 0 bridgehead atoms. The molecule has 0 unspecified atom stereocenters. The minimum absolute atomic E-state index is 0.108. The molecule has 0 aliphatic rings. The number of hydrogen-bond acceptors (Lipinski definition) is 6. The van der Waals surface area contributed by atoms with Crippen LogP contribution >= 0.6 is 35.0 Å². The second-order valence-corrected chi connectivity index (χ2v) is 8.73. The number of nitrogens with zero attached hydrogens (tertiary/aromatic N) is 4. The average Bonchev–Trinajstić information content (AvgIpc) is 2.91. The summed E-state index contributed by atoms with van der Waals surface area (Å²) >= 11 is 13.0. The van der Waals surface area contributed by atoms with Crippen molar-refractivity contribution in [3.63, 3.8) is 0 Å². The summed E-state index contributed by atoms with van der Waals surface area (Å²) in [7, 11) is -3.66.